The van der Waals surface area contributed by atoms with Crippen molar-refractivity contribution in [2.24, 2.45) is 10.4 Å². The Morgan fingerprint density at radius 3 is 2.42 bits per heavy atom. The Hall–Kier alpha value is -0.120. The minimum Gasteiger partial charge on any atom is -0.381 e. The molecule has 0 amide bonds. The quantitative estimate of drug-likeness (QED) is 0.373. The Morgan fingerprint density at radius 1 is 1.29 bits per heavy atom. The van der Waals surface area contributed by atoms with Crippen molar-refractivity contribution in [2.75, 3.05) is 53.9 Å². The standard InChI is InChI=1S/C17H35N5O.HI/c1-13(22-9-7-21(5)8-10-22)12-19-16(18-4)20-14-11-15(23-6)17(14,2)3;/h13-15H,7-12H2,1-6H3,(H2,18,19,20);1H. The largest absolute Gasteiger partial charge is 0.381 e. The van der Waals surface area contributed by atoms with Gasteiger partial charge in [-0.15, -0.1) is 24.0 Å². The lowest BCUT2D eigenvalue weighted by Gasteiger charge is -2.51. The maximum atomic E-state index is 5.52. The van der Waals surface area contributed by atoms with Crippen molar-refractivity contribution in [1.29, 1.82) is 0 Å². The monoisotopic (exact) mass is 453 g/mol. The van der Waals surface area contributed by atoms with E-state index in [2.05, 4.69) is 53.2 Å². The molecule has 0 aromatic rings. The van der Waals surface area contributed by atoms with Gasteiger partial charge >= 0.3 is 0 Å². The lowest BCUT2D eigenvalue weighted by atomic mass is 9.64. The van der Waals surface area contributed by atoms with Gasteiger partial charge in [0.25, 0.3) is 0 Å². The summed E-state index contributed by atoms with van der Waals surface area (Å²) in [6, 6.07) is 0.931. The number of aliphatic imine (C=N–C) groups is 1. The first-order chi connectivity index (χ1) is 10.9. The molecule has 1 saturated heterocycles. The van der Waals surface area contributed by atoms with Crippen LogP contribution in [0.25, 0.3) is 0 Å². The van der Waals surface area contributed by atoms with Gasteiger partial charge in [-0.05, 0) is 20.4 Å². The molecule has 1 aliphatic carbocycles. The summed E-state index contributed by atoms with van der Waals surface area (Å²) in [5, 5.41) is 7.05. The predicted molar refractivity (Wildman–Crippen MR) is 111 cm³/mol. The second-order valence-corrected chi connectivity index (χ2v) is 7.62. The molecule has 0 spiro atoms. The normalized spacial score (nSPS) is 29.3. The van der Waals surface area contributed by atoms with Crippen molar-refractivity contribution >= 4 is 29.9 Å². The fraction of sp³-hybridized carbons (Fsp3) is 0.941. The van der Waals surface area contributed by atoms with E-state index in [0.29, 0.717) is 18.2 Å². The summed E-state index contributed by atoms with van der Waals surface area (Å²) in [5.74, 6) is 0.901. The van der Waals surface area contributed by atoms with Crippen LogP contribution in [-0.4, -0.2) is 87.9 Å². The van der Waals surface area contributed by atoms with E-state index in [1.54, 1.807) is 7.11 Å². The van der Waals surface area contributed by atoms with Gasteiger partial charge in [-0.25, -0.2) is 0 Å². The van der Waals surface area contributed by atoms with Gasteiger partial charge in [-0.1, -0.05) is 13.8 Å². The van der Waals surface area contributed by atoms with Crippen molar-refractivity contribution < 1.29 is 4.74 Å². The van der Waals surface area contributed by atoms with Gasteiger partial charge in [0.15, 0.2) is 5.96 Å². The third kappa shape index (κ3) is 5.19. The fourth-order valence-corrected chi connectivity index (χ4v) is 3.53. The van der Waals surface area contributed by atoms with Crippen LogP contribution in [-0.2, 0) is 4.74 Å². The summed E-state index contributed by atoms with van der Waals surface area (Å²) in [7, 11) is 5.84. The van der Waals surface area contributed by atoms with Crippen LogP contribution >= 0.6 is 24.0 Å². The van der Waals surface area contributed by atoms with Gasteiger partial charge in [0.1, 0.15) is 0 Å². The third-order valence-electron chi connectivity index (χ3n) is 5.72. The van der Waals surface area contributed by atoms with E-state index in [-0.39, 0.29) is 29.4 Å². The topological polar surface area (TPSA) is 52.1 Å². The van der Waals surface area contributed by atoms with E-state index in [0.717, 1.165) is 45.1 Å². The SMILES string of the molecule is CN=C(NCC(C)N1CCN(C)CC1)NC1CC(OC)C1(C)C.I. The summed E-state index contributed by atoms with van der Waals surface area (Å²) < 4.78 is 5.52. The van der Waals surface area contributed by atoms with E-state index in [4.69, 9.17) is 4.74 Å². The van der Waals surface area contributed by atoms with Crippen molar-refractivity contribution in [3.63, 3.8) is 0 Å². The number of nitrogens with zero attached hydrogens (tertiary/aromatic N) is 3. The fourth-order valence-electron chi connectivity index (χ4n) is 3.53. The van der Waals surface area contributed by atoms with Gasteiger partial charge in [0.2, 0.25) is 0 Å². The zero-order chi connectivity index (χ0) is 17.0. The number of piperazine rings is 1. The Balaban J connectivity index is 0.00000288. The molecule has 2 fully saturated rings. The summed E-state index contributed by atoms with van der Waals surface area (Å²) in [5.41, 5.74) is 0.148. The van der Waals surface area contributed by atoms with Gasteiger partial charge in [0.05, 0.1) is 6.10 Å². The number of halogens is 1. The number of guanidine groups is 1. The number of methoxy groups -OCH3 is 1. The zero-order valence-corrected chi connectivity index (χ0v) is 18.5. The van der Waals surface area contributed by atoms with Crippen LogP contribution in [0.3, 0.4) is 0 Å². The first-order valence-corrected chi connectivity index (χ1v) is 8.81. The van der Waals surface area contributed by atoms with Crippen LogP contribution in [0.1, 0.15) is 27.2 Å². The highest BCUT2D eigenvalue weighted by atomic mass is 127. The molecule has 3 atom stereocenters. The van der Waals surface area contributed by atoms with E-state index in [9.17, 15) is 0 Å². The lowest BCUT2D eigenvalue weighted by Crippen LogP contribution is -2.63. The summed E-state index contributed by atoms with van der Waals surface area (Å²) in [6.07, 6.45) is 1.38. The molecular formula is C17H36IN5O. The van der Waals surface area contributed by atoms with Gasteiger partial charge in [-0.2, -0.15) is 0 Å². The van der Waals surface area contributed by atoms with Crippen LogP contribution < -0.4 is 10.6 Å². The van der Waals surface area contributed by atoms with E-state index in [1.807, 2.05) is 7.05 Å². The number of likely N-dealkylation sites (N-methyl/N-ethyl adjacent to an activating group) is 1. The van der Waals surface area contributed by atoms with E-state index >= 15 is 0 Å². The molecule has 2 N–H and O–H groups in total. The van der Waals surface area contributed by atoms with Crippen molar-refractivity contribution in [3.05, 3.63) is 0 Å². The Labute approximate surface area is 164 Å². The Morgan fingerprint density at radius 2 is 1.92 bits per heavy atom. The summed E-state index contributed by atoms with van der Waals surface area (Å²) >= 11 is 0. The van der Waals surface area contributed by atoms with Crippen LogP contribution in [0.2, 0.25) is 0 Å². The van der Waals surface area contributed by atoms with Crippen LogP contribution in [0.4, 0.5) is 0 Å². The first kappa shape index (κ1) is 21.9. The van der Waals surface area contributed by atoms with E-state index in [1.165, 1.54) is 0 Å². The molecule has 2 aliphatic rings. The smallest absolute Gasteiger partial charge is 0.191 e. The molecule has 2 rings (SSSR count). The average Bonchev–Trinajstić information content (AvgIpc) is 2.54. The van der Waals surface area contributed by atoms with Crippen LogP contribution in [0.15, 0.2) is 4.99 Å². The molecule has 6 nitrogen and oxygen atoms in total. The van der Waals surface area contributed by atoms with Crippen LogP contribution in [0.5, 0.6) is 0 Å². The number of ether oxygens (including phenoxy) is 1. The van der Waals surface area contributed by atoms with Crippen LogP contribution in [0, 0.1) is 5.41 Å². The molecule has 1 heterocycles. The summed E-state index contributed by atoms with van der Waals surface area (Å²) in [6.45, 7) is 12.3. The number of rotatable bonds is 5. The Bertz CT molecular complexity index is 410. The molecule has 1 aliphatic heterocycles. The van der Waals surface area contributed by atoms with Gasteiger partial charge < -0.3 is 20.3 Å². The maximum Gasteiger partial charge on any atom is 0.191 e. The zero-order valence-electron chi connectivity index (χ0n) is 16.1. The molecular weight excluding hydrogens is 417 g/mol. The van der Waals surface area contributed by atoms with Gasteiger partial charge in [-0.3, -0.25) is 9.89 Å². The molecule has 142 valence electrons. The lowest BCUT2D eigenvalue weighted by molar-refractivity contribution is -0.0922. The van der Waals surface area contributed by atoms with E-state index < -0.39 is 0 Å². The number of nitrogens with one attached hydrogen (secondary N) is 2. The maximum absolute atomic E-state index is 5.52. The molecule has 0 radical (unpaired) electrons. The molecule has 0 bridgehead atoms. The third-order valence-corrected chi connectivity index (χ3v) is 5.72. The van der Waals surface area contributed by atoms with Crippen molar-refractivity contribution in [2.45, 2.75) is 45.4 Å². The Kier molecular flexibility index (Phi) is 8.72. The minimum atomic E-state index is 0. The highest BCUT2D eigenvalue weighted by Crippen LogP contribution is 2.42. The highest BCUT2D eigenvalue weighted by molar-refractivity contribution is 14.0. The highest BCUT2D eigenvalue weighted by Gasteiger charge is 2.48. The average molecular weight is 453 g/mol. The van der Waals surface area contributed by atoms with Gasteiger partial charge in [0, 0.05) is 64.4 Å². The summed E-state index contributed by atoms with van der Waals surface area (Å²) in [4.78, 5) is 9.32. The molecule has 0 aromatic heterocycles. The molecule has 0 aromatic carbocycles. The second-order valence-electron chi connectivity index (χ2n) is 7.62. The number of hydrogen-bond donors (Lipinski definition) is 2. The van der Waals surface area contributed by atoms with Crippen molar-refractivity contribution in [3.8, 4) is 0 Å². The predicted octanol–water partition coefficient (Wildman–Crippen LogP) is 1.22. The molecule has 3 unspecified atom stereocenters. The second kappa shape index (κ2) is 9.54. The molecule has 7 heteroatoms. The number of hydrogen-bond acceptors (Lipinski definition) is 4. The first-order valence-electron chi connectivity index (χ1n) is 8.81. The minimum absolute atomic E-state index is 0. The molecule has 1 saturated carbocycles. The molecule has 24 heavy (non-hydrogen) atoms. The van der Waals surface area contributed by atoms with Crippen molar-refractivity contribution in [1.82, 2.24) is 20.4 Å².